The van der Waals surface area contributed by atoms with Crippen molar-refractivity contribution in [1.82, 2.24) is 24.8 Å². The summed E-state index contributed by atoms with van der Waals surface area (Å²) in [5, 5.41) is 0. The van der Waals surface area contributed by atoms with Crippen LogP contribution in [0.5, 0.6) is 0 Å². The summed E-state index contributed by atoms with van der Waals surface area (Å²) in [7, 11) is 0. The number of nitrogens with one attached hydrogen (secondary N) is 1. The number of carbonyl (C=O) groups is 2. The van der Waals surface area contributed by atoms with E-state index in [1.54, 1.807) is 29.4 Å². The van der Waals surface area contributed by atoms with E-state index in [9.17, 15) is 14.4 Å². The normalized spacial score (nSPS) is 19.5. The quantitative estimate of drug-likeness (QED) is 0.833. The van der Waals surface area contributed by atoms with Crippen LogP contribution >= 0.6 is 0 Å². The second-order valence-corrected chi connectivity index (χ2v) is 8.09. The summed E-state index contributed by atoms with van der Waals surface area (Å²) in [5.41, 5.74) is 1.68. The van der Waals surface area contributed by atoms with Gasteiger partial charge in [-0.2, -0.15) is 0 Å². The Labute approximate surface area is 175 Å². The van der Waals surface area contributed by atoms with E-state index >= 15 is 0 Å². The molecule has 2 aromatic heterocycles. The number of aromatic nitrogens is 3. The molecule has 158 valence electrons. The van der Waals surface area contributed by atoms with Crippen LogP contribution in [0.15, 0.2) is 29.3 Å². The van der Waals surface area contributed by atoms with Crippen LogP contribution in [0.25, 0.3) is 0 Å². The Morgan fingerprint density at radius 3 is 2.77 bits per heavy atom. The molecule has 2 atom stereocenters. The van der Waals surface area contributed by atoms with E-state index in [2.05, 4.69) is 9.97 Å². The minimum Gasteiger partial charge on any atom is -0.332 e. The predicted octanol–water partition coefficient (Wildman–Crippen LogP) is 2.07. The zero-order valence-corrected chi connectivity index (χ0v) is 17.4. The highest BCUT2D eigenvalue weighted by Crippen LogP contribution is 2.32. The lowest BCUT2D eigenvalue weighted by Gasteiger charge is -2.30. The van der Waals surface area contributed by atoms with Gasteiger partial charge < -0.3 is 14.8 Å². The van der Waals surface area contributed by atoms with Gasteiger partial charge in [-0.1, -0.05) is 13.8 Å². The topological polar surface area (TPSA) is 99.3 Å². The Balaban J connectivity index is 1.60. The molecule has 0 radical (unpaired) electrons. The van der Waals surface area contributed by atoms with Gasteiger partial charge in [-0.05, 0) is 37.8 Å². The molecule has 8 nitrogen and oxygen atoms in total. The van der Waals surface area contributed by atoms with Crippen LogP contribution in [0.4, 0.5) is 0 Å². The zero-order valence-electron chi connectivity index (χ0n) is 17.4. The van der Waals surface area contributed by atoms with Crippen LogP contribution in [0.1, 0.15) is 66.6 Å². The number of fused-ring (bicyclic) bond motifs is 1. The van der Waals surface area contributed by atoms with Gasteiger partial charge in [0.25, 0.3) is 11.5 Å². The van der Waals surface area contributed by atoms with Crippen molar-refractivity contribution in [3.05, 3.63) is 57.5 Å². The number of hydrogen-bond acceptors (Lipinski definition) is 5. The molecule has 0 unspecified atom stereocenters. The highest BCUT2D eigenvalue weighted by molar-refractivity contribution is 5.94. The summed E-state index contributed by atoms with van der Waals surface area (Å²) in [5.74, 6) is 0.491. The van der Waals surface area contributed by atoms with E-state index in [-0.39, 0.29) is 29.3 Å². The second kappa shape index (κ2) is 8.38. The molecule has 0 aliphatic carbocycles. The van der Waals surface area contributed by atoms with E-state index < -0.39 is 0 Å². The second-order valence-electron chi connectivity index (χ2n) is 8.09. The number of rotatable bonds is 4. The Hall–Kier alpha value is -3.03. The number of carbonyl (C=O) groups excluding carboxylic acids is 2. The van der Waals surface area contributed by atoms with Crippen molar-refractivity contribution in [3.63, 3.8) is 0 Å². The van der Waals surface area contributed by atoms with Crippen molar-refractivity contribution in [3.8, 4) is 0 Å². The molecule has 4 rings (SSSR count). The first-order chi connectivity index (χ1) is 14.5. The monoisotopic (exact) mass is 409 g/mol. The summed E-state index contributed by atoms with van der Waals surface area (Å²) < 4.78 is 0. The summed E-state index contributed by atoms with van der Waals surface area (Å²) in [6, 6.07) is 3.16. The van der Waals surface area contributed by atoms with Gasteiger partial charge in [-0.25, -0.2) is 4.98 Å². The van der Waals surface area contributed by atoms with E-state index in [0.717, 1.165) is 19.3 Å². The number of amides is 2. The fourth-order valence-corrected chi connectivity index (χ4v) is 4.24. The molecule has 8 heteroatoms. The number of hydrogen-bond donors (Lipinski definition) is 1. The van der Waals surface area contributed by atoms with Crippen LogP contribution in [0, 0.1) is 5.92 Å². The summed E-state index contributed by atoms with van der Waals surface area (Å²) in [6.45, 7) is 5.38. The molecular formula is C22H27N5O3. The lowest BCUT2D eigenvalue weighted by molar-refractivity contribution is -0.136. The van der Waals surface area contributed by atoms with Gasteiger partial charge in [0.1, 0.15) is 5.82 Å². The molecule has 0 aromatic carbocycles. The van der Waals surface area contributed by atoms with Crippen molar-refractivity contribution < 1.29 is 9.59 Å². The third kappa shape index (κ3) is 3.74. The smallest absolute Gasteiger partial charge is 0.254 e. The largest absolute Gasteiger partial charge is 0.332 e. The predicted molar refractivity (Wildman–Crippen MR) is 111 cm³/mol. The molecule has 0 spiro atoms. The maximum absolute atomic E-state index is 12.8. The highest BCUT2D eigenvalue weighted by Gasteiger charge is 2.34. The Bertz CT molecular complexity index is 1000. The third-order valence-corrected chi connectivity index (χ3v) is 6.19. The van der Waals surface area contributed by atoms with Crippen LogP contribution < -0.4 is 5.56 Å². The van der Waals surface area contributed by atoms with Crippen LogP contribution in [0.3, 0.4) is 0 Å². The maximum atomic E-state index is 12.8. The number of nitrogens with zero attached hydrogens (tertiary/aromatic N) is 4. The van der Waals surface area contributed by atoms with E-state index in [1.165, 1.54) is 0 Å². The molecule has 0 bridgehead atoms. The average molecular weight is 409 g/mol. The maximum Gasteiger partial charge on any atom is 0.254 e. The van der Waals surface area contributed by atoms with E-state index in [4.69, 9.17) is 4.98 Å². The summed E-state index contributed by atoms with van der Waals surface area (Å²) in [6.07, 6.45) is 6.10. The fraction of sp³-hybridized carbons (Fsp3) is 0.500. The molecule has 30 heavy (non-hydrogen) atoms. The highest BCUT2D eigenvalue weighted by atomic mass is 16.2. The van der Waals surface area contributed by atoms with Crippen molar-refractivity contribution in [1.29, 1.82) is 0 Å². The van der Waals surface area contributed by atoms with Gasteiger partial charge >= 0.3 is 0 Å². The van der Waals surface area contributed by atoms with Gasteiger partial charge in [0.15, 0.2) is 0 Å². The van der Waals surface area contributed by atoms with Crippen LogP contribution in [0.2, 0.25) is 0 Å². The molecule has 2 aliphatic rings. The summed E-state index contributed by atoms with van der Waals surface area (Å²) in [4.78, 5) is 53.5. The molecular weight excluding hydrogens is 382 g/mol. The first kappa shape index (κ1) is 20.3. The molecule has 1 saturated heterocycles. The van der Waals surface area contributed by atoms with Gasteiger partial charge in [0, 0.05) is 42.5 Å². The lowest BCUT2D eigenvalue weighted by Crippen LogP contribution is -2.40. The van der Waals surface area contributed by atoms with Crippen molar-refractivity contribution >= 4 is 11.8 Å². The third-order valence-electron chi connectivity index (χ3n) is 6.19. The summed E-state index contributed by atoms with van der Waals surface area (Å²) >= 11 is 0. The molecule has 0 saturated carbocycles. The minimum absolute atomic E-state index is 0.0524. The minimum atomic E-state index is -0.212. The Morgan fingerprint density at radius 1 is 1.27 bits per heavy atom. The van der Waals surface area contributed by atoms with Crippen LogP contribution in [-0.2, 0) is 17.8 Å². The number of H-pyrrole nitrogens is 1. The number of aromatic amines is 1. The zero-order chi connectivity index (χ0) is 21.3. The van der Waals surface area contributed by atoms with Crippen molar-refractivity contribution in [2.24, 2.45) is 5.92 Å². The number of pyridine rings is 1. The van der Waals surface area contributed by atoms with Crippen LogP contribution in [-0.4, -0.2) is 49.7 Å². The Kier molecular flexibility index (Phi) is 5.65. The Morgan fingerprint density at radius 2 is 2.03 bits per heavy atom. The van der Waals surface area contributed by atoms with E-state index in [0.29, 0.717) is 48.7 Å². The van der Waals surface area contributed by atoms with Crippen molar-refractivity contribution in [2.75, 3.05) is 13.1 Å². The molecule has 4 heterocycles. The molecule has 1 N–H and O–H groups in total. The van der Waals surface area contributed by atoms with Gasteiger partial charge in [-0.3, -0.25) is 19.4 Å². The first-order valence-electron chi connectivity index (χ1n) is 10.6. The van der Waals surface area contributed by atoms with Gasteiger partial charge in [0.2, 0.25) is 5.91 Å². The number of likely N-dealkylation sites (tertiary alicyclic amines) is 1. The lowest BCUT2D eigenvalue weighted by atomic mass is 10.0. The standard InChI is InChI=1S/C22H27N5O3/c1-3-14(2)21(29)27-11-4-5-18(27)19-24-17-13-26(12-8-16(17)20(28)25-19)22(30)15-6-9-23-10-7-15/h6-7,9-10,14,18H,3-5,8,11-13H2,1-2H3,(H,24,25,28)/t14-,18+/m1/s1. The molecule has 2 aliphatic heterocycles. The van der Waals surface area contributed by atoms with E-state index in [1.807, 2.05) is 18.7 Å². The van der Waals surface area contributed by atoms with Gasteiger partial charge in [-0.15, -0.1) is 0 Å². The molecule has 1 fully saturated rings. The first-order valence-corrected chi connectivity index (χ1v) is 10.6. The molecule has 2 aromatic rings. The average Bonchev–Trinajstić information content (AvgIpc) is 3.27. The van der Waals surface area contributed by atoms with Gasteiger partial charge in [0.05, 0.1) is 18.3 Å². The fourth-order valence-electron chi connectivity index (χ4n) is 4.24. The molecule has 2 amide bonds. The SMILES string of the molecule is CC[C@@H](C)C(=O)N1CCC[C@H]1c1nc2c(c(=O)[nH]1)CCN(C(=O)c1ccncc1)C2. The van der Waals surface area contributed by atoms with Crippen molar-refractivity contribution in [2.45, 2.75) is 52.1 Å².